The monoisotopic (exact) mass is 271 g/mol. The minimum Gasteiger partial charge on any atom is -0.756 e. The van der Waals surface area contributed by atoms with Gasteiger partial charge in [-0.25, -0.2) is 0 Å². The highest BCUT2D eigenvalue weighted by Crippen LogP contribution is 2.11. The summed E-state index contributed by atoms with van der Waals surface area (Å²) >= 11 is 0. The number of hydrogen-bond donors (Lipinski definition) is 1. The summed E-state index contributed by atoms with van der Waals surface area (Å²) in [7, 11) is 0. The highest BCUT2D eigenvalue weighted by Gasteiger charge is 2.03. The summed E-state index contributed by atoms with van der Waals surface area (Å²) in [4.78, 5) is 11.4. The molecule has 0 aliphatic carbocycles. The first-order valence-corrected chi connectivity index (χ1v) is 7.90. The molecule has 0 aliphatic heterocycles. The third-order valence-corrected chi connectivity index (χ3v) is 3.34. The lowest BCUT2D eigenvalue weighted by atomic mass is 10.1. The van der Waals surface area contributed by atoms with Crippen molar-refractivity contribution in [2.75, 3.05) is 13.1 Å². The van der Waals surface area contributed by atoms with Crippen LogP contribution in [-0.2, 0) is 4.79 Å². The predicted octanol–water partition coefficient (Wildman–Crippen LogP) is 3.58. The summed E-state index contributed by atoms with van der Waals surface area (Å²) in [6.45, 7) is 2.93. The van der Waals surface area contributed by atoms with E-state index in [4.69, 9.17) is 5.73 Å². The van der Waals surface area contributed by atoms with Crippen LogP contribution in [0.15, 0.2) is 0 Å². The molecule has 0 aliphatic rings. The average molecular weight is 271 g/mol. The predicted molar refractivity (Wildman–Crippen MR) is 80.6 cm³/mol. The van der Waals surface area contributed by atoms with Gasteiger partial charge in [0.05, 0.1) is 0 Å². The van der Waals surface area contributed by atoms with E-state index < -0.39 is 0 Å². The zero-order chi connectivity index (χ0) is 14.3. The molecular weight excluding hydrogens is 240 g/mol. The smallest absolute Gasteiger partial charge is 0.212 e. The average Bonchev–Trinajstić information content (AvgIpc) is 2.42. The van der Waals surface area contributed by atoms with Gasteiger partial charge in [-0.05, 0) is 19.4 Å². The Bertz CT molecular complexity index is 210. The van der Waals surface area contributed by atoms with Gasteiger partial charge in [0.1, 0.15) is 0 Å². The number of carbonyl (C=O) groups is 1. The summed E-state index contributed by atoms with van der Waals surface area (Å²) in [5.41, 5.74) is 5.30. The van der Waals surface area contributed by atoms with Gasteiger partial charge in [-0.1, -0.05) is 58.3 Å². The Hall–Kier alpha value is -0.610. The van der Waals surface area contributed by atoms with Crippen molar-refractivity contribution in [2.45, 2.75) is 77.6 Å². The molecule has 19 heavy (non-hydrogen) atoms. The number of carbonyl (C=O) groups excluding carboxylic acids is 1. The van der Waals surface area contributed by atoms with Crippen LogP contribution >= 0.6 is 0 Å². The van der Waals surface area contributed by atoms with E-state index in [1.807, 2.05) is 0 Å². The zero-order valence-electron chi connectivity index (χ0n) is 12.5. The van der Waals surface area contributed by atoms with Gasteiger partial charge in [0.25, 0.3) is 0 Å². The molecular formula is C15H31N2O2-. The molecule has 0 aromatic heterocycles. The van der Waals surface area contributed by atoms with Crippen LogP contribution in [0.1, 0.15) is 77.6 Å². The van der Waals surface area contributed by atoms with Crippen LogP contribution in [0.3, 0.4) is 0 Å². The first-order valence-electron chi connectivity index (χ1n) is 7.90. The maximum Gasteiger partial charge on any atom is 0.212 e. The standard InChI is InChI=1S/C15H31N2O2/c1-2-3-4-5-6-7-8-9-10-12-15(18)17(19)14-11-13-16/h2-14,16H2,1H3/q-1. The SMILES string of the molecule is CCCCCCCCCCCC(=O)N([O-])CCCN. The number of hydroxylamine groups is 2. The molecule has 0 aromatic carbocycles. The molecule has 4 nitrogen and oxygen atoms in total. The molecule has 2 N–H and O–H groups in total. The van der Waals surface area contributed by atoms with Crippen LogP contribution in [0.5, 0.6) is 0 Å². The van der Waals surface area contributed by atoms with E-state index in [-0.39, 0.29) is 12.5 Å². The van der Waals surface area contributed by atoms with Crippen LogP contribution in [0, 0.1) is 5.21 Å². The van der Waals surface area contributed by atoms with E-state index in [9.17, 15) is 10.0 Å². The van der Waals surface area contributed by atoms with Crippen LogP contribution in [-0.4, -0.2) is 24.1 Å². The molecule has 0 saturated heterocycles. The van der Waals surface area contributed by atoms with Crippen molar-refractivity contribution in [2.24, 2.45) is 5.73 Å². The van der Waals surface area contributed by atoms with Crippen LogP contribution in [0.2, 0.25) is 0 Å². The van der Waals surface area contributed by atoms with Crippen molar-refractivity contribution in [3.8, 4) is 0 Å². The van der Waals surface area contributed by atoms with Gasteiger partial charge < -0.3 is 16.0 Å². The number of nitrogens with two attached hydrogens (primary N) is 1. The molecule has 114 valence electrons. The van der Waals surface area contributed by atoms with E-state index in [1.54, 1.807) is 0 Å². The molecule has 4 heteroatoms. The first kappa shape index (κ1) is 18.4. The molecule has 0 spiro atoms. The van der Waals surface area contributed by atoms with E-state index >= 15 is 0 Å². The fraction of sp³-hybridized carbons (Fsp3) is 0.933. The van der Waals surface area contributed by atoms with Crippen molar-refractivity contribution >= 4 is 5.91 Å². The topological polar surface area (TPSA) is 69.4 Å². The van der Waals surface area contributed by atoms with Crippen molar-refractivity contribution in [1.29, 1.82) is 0 Å². The van der Waals surface area contributed by atoms with Gasteiger partial charge in [0.2, 0.25) is 5.91 Å². The normalized spacial score (nSPS) is 10.7. The highest BCUT2D eigenvalue weighted by molar-refractivity contribution is 5.76. The Kier molecular flexibility index (Phi) is 13.4. The molecule has 0 unspecified atom stereocenters. The second-order valence-electron chi connectivity index (χ2n) is 5.22. The number of amides is 1. The fourth-order valence-corrected chi connectivity index (χ4v) is 2.07. The van der Waals surface area contributed by atoms with Gasteiger partial charge in [-0.3, -0.25) is 4.79 Å². The van der Waals surface area contributed by atoms with Crippen molar-refractivity contribution in [3.05, 3.63) is 5.21 Å². The number of nitrogens with zero attached hydrogens (tertiary/aromatic N) is 1. The molecule has 0 radical (unpaired) electrons. The summed E-state index contributed by atoms with van der Waals surface area (Å²) < 4.78 is 0. The second kappa shape index (κ2) is 13.8. The third kappa shape index (κ3) is 12.2. The minimum absolute atomic E-state index is 0.243. The maximum absolute atomic E-state index is 11.4. The third-order valence-electron chi connectivity index (χ3n) is 3.34. The van der Waals surface area contributed by atoms with Gasteiger partial charge in [0.15, 0.2) is 0 Å². The largest absolute Gasteiger partial charge is 0.756 e. The summed E-state index contributed by atoms with van der Waals surface area (Å²) in [5.74, 6) is -0.281. The van der Waals surface area contributed by atoms with Gasteiger partial charge in [-0.15, -0.1) is 0 Å². The van der Waals surface area contributed by atoms with Crippen LogP contribution in [0.4, 0.5) is 0 Å². The Balaban J connectivity index is 3.27. The molecule has 1 amide bonds. The Morgan fingerprint density at radius 2 is 1.47 bits per heavy atom. The molecule has 0 saturated carbocycles. The van der Waals surface area contributed by atoms with Crippen LogP contribution in [0.25, 0.3) is 0 Å². The van der Waals surface area contributed by atoms with Crippen LogP contribution < -0.4 is 5.73 Å². The minimum atomic E-state index is -0.281. The van der Waals surface area contributed by atoms with Crippen molar-refractivity contribution < 1.29 is 4.79 Å². The fourth-order valence-electron chi connectivity index (χ4n) is 2.07. The van der Waals surface area contributed by atoms with Gasteiger partial charge in [-0.2, -0.15) is 0 Å². The number of rotatable bonds is 13. The first-order chi connectivity index (χ1) is 9.22. The van der Waals surface area contributed by atoms with E-state index in [0.717, 1.165) is 12.8 Å². The maximum atomic E-state index is 11.4. The zero-order valence-corrected chi connectivity index (χ0v) is 12.5. The molecule has 0 heterocycles. The Morgan fingerprint density at radius 1 is 0.947 bits per heavy atom. The summed E-state index contributed by atoms with van der Waals surface area (Å²) in [6, 6.07) is 0. The number of hydrogen-bond acceptors (Lipinski definition) is 3. The summed E-state index contributed by atoms with van der Waals surface area (Å²) in [5, 5.41) is 11.8. The highest BCUT2D eigenvalue weighted by atomic mass is 16.5. The lowest BCUT2D eigenvalue weighted by molar-refractivity contribution is -0.128. The quantitative estimate of drug-likeness (QED) is 0.411. The van der Waals surface area contributed by atoms with E-state index in [2.05, 4.69) is 6.92 Å². The molecule has 0 fully saturated rings. The lowest BCUT2D eigenvalue weighted by Gasteiger charge is -2.27. The molecule has 0 rings (SSSR count). The van der Waals surface area contributed by atoms with E-state index in [0.29, 0.717) is 24.4 Å². The molecule has 0 aromatic rings. The second-order valence-corrected chi connectivity index (χ2v) is 5.22. The van der Waals surface area contributed by atoms with Crippen molar-refractivity contribution in [3.63, 3.8) is 0 Å². The Labute approximate surface area is 118 Å². The van der Waals surface area contributed by atoms with Crippen molar-refractivity contribution in [1.82, 2.24) is 5.06 Å². The van der Waals surface area contributed by atoms with Gasteiger partial charge >= 0.3 is 0 Å². The molecule has 0 bridgehead atoms. The summed E-state index contributed by atoms with van der Waals surface area (Å²) in [6.07, 6.45) is 11.9. The van der Waals surface area contributed by atoms with E-state index in [1.165, 1.54) is 44.9 Å². The molecule has 0 atom stereocenters. The number of unbranched alkanes of at least 4 members (excludes halogenated alkanes) is 8. The van der Waals surface area contributed by atoms with Gasteiger partial charge in [0, 0.05) is 13.0 Å². The lowest BCUT2D eigenvalue weighted by Crippen LogP contribution is -2.27. The Morgan fingerprint density at radius 3 is 2.00 bits per heavy atom.